The first-order chi connectivity index (χ1) is 5.99. The van der Waals surface area contributed by atoms with E-state index in [4.69, 9.17) is 0 Å². The van der Waals surface area contributed by atoms with Crippen LogP contribution in [0.15, 0.2) is 24.4 Å². The molecule has 0 aliphatic carbocycles. The maximum atomic E-state index is 11.6. The SMILES string of the molecule is CC(C)(C)SC(=O)c1ccccn1. The third-order valence-corrected chi connectivity index (χ3v) is 2.28. The minimum Gasteiger partial charge on any atom is -0.280 e. The van der Waals surface area contributed by atoms with Crippen LogP contribution in [0.2, 0.25) is 0 Å². The van der Waals surface area contributed by atoms with Gasteiger partial charge in [-0.2, -0.15) is 0 Å². The first kappa shape index (κ1) is 10.3. The highest BCUT2D eigenvalue weighted by atomic mass is 32.2. The van der Waals surface area contributed by atoms with E-state index in [0.29, 0.717) is 5.69 Å². The zero-order valence-corrected chi connectivity index (χ0v) is 8.89. The van der Waals surface area contributed by atoms with E-state index in [-0.39, 0.29) is 9.86 Å². The van der Waals surface area contributed by atoms with Gasteiger partial charge in [-0.15, -0.1) is 0 Å². The van der Waals surface area contributed by atoms with E-state index in [1.165, 1.54) is 11.8 Å². The van der Waals surface area contributed by atoms with E-state index in [0.717, 1.165) is 0 Å². The number of hydrogen-bond acceptors (Lipinski definition) is 3. The van der Waals surface area contributed by atoms with Gasteiger partial charge in [0.15, 0.2) is 0 Å². The summed E-state index contributed by atoms with van der Waals surface area (Å²) in [6.45, 7) is 6.04. The standard InChI is InChI=1S/C10H13NOS/c1-10(2,3)13-9(12)8-6-4-5-7-11-8/h4-7H,1-3H3. The van der Waals surface area contributed by atoms with E-state index >= 15 is 0 Å². The van der Waals surface area contributed by atoms with Crippen LogP contribution in [0.1, 0.15) is 31.3 Å². The van der Waals surface area contributed by atoms with Crippen LogP contribution in [0.3, 0.4) is 0 Å². The number of hydrogen-bond donors (Lipinski definition) is 0. The van der Waals surface area contributed by atoms with Gasteiger partial charge in [-0.1, -0.05) is 38.6 Å². The van der Waals surface area contributed by atoms with Crippen molar-refractivity contribution in [3.05, 3.63) is 30.1 Å². The summed E-state index contributed by atoms with van der Waals surface area (Å²) < 4.78 is -0.0470. The van der Waals surface area contributed by atoms with Gasteiger partial charge < -0.3 is 0 Å². The molecule has 0 aliphatic rings. The van der Waals surface area contributed by atoms with Crippen LogP contribution in [-0.2, 0) is 0 Å². The van der Waals surface area contributed by atoms with Crippen molar-refractivity contribution in [2.45, 2.75) is 25.5 Å². The highest BCUT2D eigenvalue weighted by Crippen LogP contribution is 2.26. The Morgan fingerprint density at radius 2 is 2.08 bits per heavy atom. The van der Waals surface area contributed by atoms with Crippen molar-refractivity contribution >= 4 is 16.9 Å². The quantitative estimate of drug-likeness (QED) is 0.690. The molecule has 0 atom stereocenters. The van der Waals surface area contributed by atoms with Gasteiger partial charge >= 0.3 is 0 Å². The summed E-state index contributed by atoms with van der Waals surface area (Å²) in [5.74, 6) is 0. The second kappa shape index (κ2) is 3.92. The highest BCUT2D eigenvalue weighted by molar-refractivity contribution is 8.15. The van der Waals surface area contributed by atoms with Crippen molar-refractivity contribution in [3.8, 4) is 0 Å². The van der Waals surface area contributed by atoms with Crippen LogP contribution in [0.25, 0.3) is 0 Å². The molecule has 1 heterocycles. The van der Waals surface area contributed by atoms with Crippen molar-refractivity contribution in [2.24, 2.45) is 0 Å². The Kier molecular flexibility index (Phi) is 3.09. The summed E-state index contributed by atoms with van der Waals surface area (Å²) in [6.07, 6.45) is 1.64. The van der Waals surface area contributed by atoms with E-state index in [1.54, 1.807) is 18.3 Å². The van der Waals surface area contributed by atoms with Gasteiger partial charge in [-0.05, 0) is 12.1 Å². The van der Waals surface area contributed by atoms with Crippen molar-refractivity contribution in [3.63, 3.8) is 0 Å². The second-order valence-corrected chi connectivity index (χ2v) is 5.52. The number of pyridine rings is 1. The van der Waals surface area contributed by atoms with Gasteiger partial charge in [0.2, 0.25) is 5.12 Å². The van der Waals surface area contributed by atoms with E-state index in [1.807, 2.05) is 26.8 Å². The normalized spacial score (nSPS) is 11.3. The zero-order chi connectivity index (χ0) is 9.90. The third kappa shape index (κ3) is 3.59. The molecule has 0 spiro atoms. The Balaban J connectivity index is 2.71. The van der Waals surface area contributed by atoms with Gasteiger partial charge in [0, 0.05) is 10.9 Å². The molecule has 0 unspecified atom stereocenters. The smallest absolute Gasteiger partial charge is 0.238 e. The summed E-state index contributed by atoms with van der Waals surface area (Å²) in [5.41, 5.74) is 0.530. The molecule has 2 nitrogen and oxygen atoms in total. The fourth-order valence-electron chi connectivity index (χ4n) is 0.814. The lowest BCUT2D eigenvalue weighted by Gasteiger charge is -2.15. The number of nitrogens with zero attached hydrogens (tertiary/aromatic N) is 1. The number of carbonyl (C=O) groups excluding carboxylic acids is 1. The first-order valence-electron chi connectivity index (χ1n) is 4.13. The molecular formula is C10H13NOS. The fourth-order valence-corrected chi connectivity index (χ4v) is 1.60. The van der Waals surface area contributed by atoms with Gasteiger partial charge in [0.1, 0.15) is 5.69 Å². The van der Waals surface area contributed by atoms with Gasteiger partial charge in [-0.25, -0.2) is 0 Å². The minimum atomic E-state index is -0.0470. The zero-order valence-electron chi connectivity index (χ0n) is 8.07. The Morgan fingerprint density at radius 1 is 1.38 bits per heavy atom. The summed E-state index contributed by atoms with van der Waals surface area (Å²) in [5, 5.41) is 0.0353. The van der Waals surface area contributed by atoms with Crippen molar-refractivity contribution in [2.75, 3.05) is 0 Å². The molecule has 1 rings (SSSR count). The Hall–Kier alpha value is -0.830. The molecule has 0 amide bonds. The largest absolute Gasteiger partial charge is 0.280 e. The van der Waals surface area contributed by atoms with Crippen molar-refractivity contribution in [1.29, 1.82) is 0 Å². The molecule has 0 radical (unpaired) electrons. The molecule has 70 valence electrons. The average molecular weight is 195 g/mol. The van der Waals surface area contributed by atoms with Crippen LogP contribution in [-0.4, -0.2) is 14.8 Å². The first-order valence-corrected chi connectivity index (χ1v) is 4.95. The summed E-state index contributed by atoms with van der Waals surface area (Å²) in [4.78, 5) is 15.6. The average Bonchev–Trinajstić information content (AvgIpc) is 2.03. The predicted octanol–water partition coefficient (Wildman–Crippen LogP) is 2.75. The lowest BCUT2D eigenvalue weighted by molar-refractivity contribution is 0.108. The molecule has 3 heteroatoms. The van der Waals surface area contributed by atoms with Crippen LogP contribution in [0.5, 0.6) is 0 Å². The topological polar surface area (TPSA) is 30.0 Å². The maximum Gasteiger partial charge on any atom is 0.238 e. The molecule has 0 saturated carbocycles. The lowest BCUT2D eigenvalue weighted by atomic mass is 10.3. The van der Waals surface area contributed by atoms with Crippen LogP contribution in [0, 0.1) is 0 Å². The van der Waals surface area contributed by atoms with E-state index in [9.17, 15) is 4.79 Å². The molecule has 13 heavy (non-hydrogen) atoms. The fraction of sp³-hybridized carbons (Fsp3) is 0.400. The van der Waals surface area contributed by atoms with E-state index in [2.05, 4.69) is 4.98 Å². The van der Waals surface area contributed by atoms with Gasteiger partial charge in [0.05, 0.1) is 0 Å². The number of thioether (sulfide) groups is 1. The second-order valence-electron chi connectivity index (χ2n) is 3.72. The van der Waals surface area contributed by atoms with Crippen LogP contribution >= 0.6 is 11.8 Å². The summed E-state index contributed by atoms with van der Waals surface area (Å²) in [6, 6.07) is 5.36. The number of rotatable bonds is 1. The Bertz CT molecular complexity index is 290. The van der Waals surface area contributed by atoms with Gasteiger partial charge in [-0.3, -0.25) is 9.78 Å². The predicted molar refractivity (Wildman–Crippen MR) is 55.9 cm³/mol. The van der Waals surface area contributed by atoms with Crippen LogP contribution in [0.4, 0.5) is 0 Å². The summed E-state index contributed by atoms with van der Waals surface area (Å²) in [7, 11) is 0. The van der Waals surface area contributed by atoms with E-state index < -0.39 is 0 Å². The number of aromatic nitrogens is 1. The molecule has 0 N–H and O–H groups in total. The Morgan fingerprint density at radius 3 is 2.54 bits per heavy atom. The molecule has 1 aromatic heterocycles. The number of carbonyl (C=O) groups is 1. The monoisotopic (exact) mass is 195 g/mol. The molecule has 0 bridgehead atoms. The lowest BCUT2D eigenvalue weighted by Crippen LogP contribution is -2.12. The third-order valence-electron chi connectivity index (χ3n) is 1.27. The molecule has 0 aliphatic heterocycles. The molecule has 0 aromatic carbocycles. The van der Waals surface area contributed by atoms with Crippen molar-refractivity contribution < 1.29 is 4.79 Å². The molecular weight excluding hydrogens is 182 g/mol. The Labute approximate surface area is 82.8 Å². The minimum absolute atomic E-state index is 0.0353. The van der Waals surface area contributed by atoms with Crippen molar-refractivity contribution in [1.82, 2.24) is 4.98 Å². The van der Waals surface area contributed by atoms with Gasteiger partial charge in [0.25, 0.3) is 0 Å². The maximum absolute atomic E-state index is 11.6. The van der Waals surface area contributed by atoms with Crippen LogP contribution < -0.4 is 0 Å². The highest BCUT2D eigenvalue weighted by Gasteiger charge is 2.18. The molecule has 0 fully saturated rings. The summed E-state index contributed by atoms with van der Waals surface area (Å²) >= 11 is 1.31. The molecule has 0 saturated heterocycles. The molecule has 1 aromatic rings.